The van der Waals surface area contributed by atoms with Gasteiger partial charge in [0.15, 0.2) is 11.0 Å². The van der Waals surface area contributed by atoms with Crippen molar-refractivity contribution in [1.29, 1.82) is 0 Å². The first-order valence-electron chi connectivity index (χ1n) is 10.6. The number of nitrogens with zero attached hydrogens (tertiary/aromatic N) is 3. The zero-order valence-electron chi connectivity index (χ0n) is 18.8. The maximum absolute atomic E-state index is 13.1. The molecule has 188 valence electrons. The van der Waals surface area contributed by atoms with Crippen LogP contribution in [0.1, 0.15) is 22.5 Å². The van der Waals surface area contributed by atoms with Crippen molar-refractivity contribution in [3.63, 3.8) is 0 Å². The molecule has 6 nitrogen and oxygen atoms in total. The summed E-state index contributed by atoms with van der Waals surface area (Å²) in [6.07, 6.45) is -4.67. The number of aryl methyl sites for hydroxylation is 1. The van der Waals surface area contributed by atoms with Gasteiger partial charge in [-0.05, 0) is 48.4 Å². The van der Waals surface area contributed by atoms with Crippen molar-refractivity contribution in [3.05, 3.63) is 100 Å². The van der Waals surface area contributed by atoms with Crippen molar-refractivity contribution in [2.24, 2.45) is 0 Å². The average Bonchev–Trinajstić information content (AvgIpc) is 3.26. The number of halogens is 4. The minimum atomic E-state index is -4.67. The second-order valence-corrected chi connectivity index (χ2v) is 10.9. The first-order chi connectivity index (χ1) is 17.0. The van der Waals surface area contributed by atoms with Gasteiger partial charge < -0.3 is 0 Å². The first-order valence-corrected chi connectivity index (χ1v) is 13.4. The van der Waals surface area contributed by atoms with E-state index in [-0.39, 0.29) is 12.4 Å². The number of nitrogens with one attached hydrogen (secondary N) is 1. The summed E-state index contributed by atoms with van der Waals surface area (Å²) >= 11 is 7.64. The van der Waals surface area contributed by atoms with E-state index in [1.807, 2.05) is 43.3 Å². The highest BCUT2D eigenvalue weighted by atomic mass is 35.5. The normalized spacial score (nSPS) is 12.1. The summed E-state index contributed by atoms with van der Waals surface area (Å²) in [4.78, 5) is -0.499. The van der Waals surface area contributed by atoms with Gasteiger partial charge in [0.2, 0.25) is 10.0 Å². The van der Waals surface area contributed by atoms with Crippen molar-refractivity contribution in [3.8, 4) is 5.69 Å². The summed E-state index contributed by atoms with van der Waals surface area (Å²) in [6, 6.07) is 18.5. The Kier molecular flexibility index (Phi) is 7.74. The number of hydrogen-bond donors (Lipinski definition) is 1. The van der Waals surface area contributed by atoms with Gasteiger partial charge in [0, 0.05) is 10.8 Å². The quantitative estimate of drug-likeness (QED) is 0.271. The highest BCUT2D eigenvalue weighted by Gasteiger charge is 2.31. The summed E-state index contributed by atoms with van der Waals surface area (Å²) in [7, 11) is -4.27. The van der Waals surface area contributed by atoms with Crippen LogP contribution in [0, 0.1) is 6.92 Å². The molecule has 0 bridgehead atoms. The third-order valence-electron chi connectivity index (χ3n) is 5.22. The van der Waals surface area contributed by atoms with Crippen LogP contribution in [0.3, 0.4) is 0 Å². The summed E-state index contributed by atoms with van der Waals surface area (Å²) in [5.41, 5.74) is 1.52. The lowest BCUT2D eigenvalue weighted by atomic mass is 10.2. The van der Waals surface area contributed by atoms with Gasteiger partial charge in [-0.2, -0.15) is 13.2 Å². The average molecular weight is 553 g/mol. The van der Waals surface area contributed by atoms with Gasteiger partial charge in [-0.1, -0.05) is 65.8 Å². The molecule has 0 amide bonds. The molecule has 3 aromatic carbocycles. The monoisotopic (exact) mass is 552 g/mol. The lowest BCUT2D eigenvalue weighted by Crippen LogP contribution is -2.25. The number of rotatable bonds is 8. The summed E-state index contributed by atoms with van der Waals surface area (Å²) in [5.74, 6) is 0.848. The Balaban J connectivity index is 1.65. The van der Waals surface area contributed by atoms with Gasteiger partial charge in [0.05, 0.1) is 22.7 Å². The van der Waals surface area contributed by atoms with Gasteiger partial charge in [-0.25, -0.2) is 13.1 Å². The van der Waals surface area contributed by atoms with Gasteiger partial charge in [-0.3, -0.25) is 4.57 Å². The van der Waals surface area contributed by atoms with E-state index in [1.165, 1.54) is 11.8 Å². The molecule has 0 saturated carbocycles. The Hall–Kier alpha value is -2.86. The van der Waals surface area contributed by atoms with Gasteiger partial charge >= 0.3 is 6.18 Å². The van der Waals surface area contributed by atoms with E-state index in [0.717, 1.165) is 29.3 Å². The van der Waals surface area contributed by atoms with Crippen LogP contribution in [0.4, 0.5) is 13.2 Å². The largest absolute Gasteiger partial charge is 0.416 e. The lowest BCUT2D eigenvalue weighted by Gasteiger charge is -2.14. The zero-order chi connectivity index (χ0) is 25.9. The minimum Gasteiger partial charge on any atom is -0.273 e. The molecule has 0 saturated heterocycles. The van der Waals surface area contributed by atoms with E-state index in [2.05, 4.69) is 14.9 Å². The van der Waals surface area contributed by atoms with Crippen LogP contribution in [-0.2, 0) is 28.5 Å². The Morgan fingerprint density at radius 1 is 1.00 bits per heavy atom. The molecule has 36 heavy (non-hydrogen) atoms. The predicted molar refractivity (Wildman–Crippen MR) is 133 cm³/mol. The fourth-order valence-corrected chi connectivity index (χ4v) is 5.49. The Morgan fingerprint density at radius 3 is 2.47 bits per heavy atom. The molecular weight excluding hydrogens is 533 g/mol. The number of hydrogen-bond acceptors (Lipinski definition) is 5. The molecule has 0 spiro atoms. The van der Waals surface area contributed by atoms with Crippen molar-refractivity contribution in [2.75, 3.05) is 0 Å². The third kappa shape index (κ3) is 6.09. The molecule has 0 aliphatic carbocycles. The molecule has 0 aliphatic rings. The number of alkyl halides is 3. The fraction of sp³-hybridized carbons (Fsp3) is 0.167. The molecule has 0 fully saturated rings. The SMILES string of the molecule is Cc1ccc(Cl)cc1-n1c(CNS(=O)(=O)c2cccc(C(F)(F)F)c2)nnc1SCc1ccccc1. The summed E-state index contributed by atoms with van der Waals surface area (Å²) < 4.78 is 68.9. The maximum Gasteiger partial charge on any atom is 0.416 e. The van der Waals surface area contributed by atoms with Crippen LogP contribution < -0.4 is 4.72 Å². The number of benzene rings is 3. The molecule has 1 heterocycles. The topological polar surface area (TPSA) is 76.9 Å². The number of aromatic nitrogens is 3. The van der Waals surface area contributed by atoms with E-state index in [9.17, 15) is 21.6 Å². The molecule has 12 heteroatoms. The van der Waals surface area contributed by atoms with Crippen LogP contribution in [0.2, 0.25) is 5.02 Å². The zero-order valence-corrected chi connectivity index (χ0v) is 21.2. The Morgan fingerprint density at radius 2 is 1.75 bits per heavy atom. The molecule has 0 unspecified atom stereocenters. The Bertz CT molecular complexity index is 1480. The summed E-state index contributed by atoms with van der Waals surface area (Å²) in [6.45, 7) is 1.57. The van der Waals surface area contributed by atoms with Crippen molar-refractivity contribution >= 4 is 33.4 Å². The molecule has 0 radical (unpaired) electrons. The lowest BCUT2D eigenvalue weighted by molar-refractivity contribution is -0.137. The smallest absolute Gasteiger partial charge is 0.273 e. The van der Waals surface area contributed by atoms with Gasteiger partial charge in [-0.15, -0.1) is 10.2 Å². The van der Waals surface area contributed by atoms with E-state index < -0.39 is 26.7 Å². The van der Waals surface area contributed by atoms with Crippen molar-refractivity contribution < 1.29 is 21.6 Å². The van der Waals surface area contributed by atoms with Gasteiger partial charge in [0.25, 0.3) is 0 Å². The number of thioether (sulfide) groups is 1. The van der Waals surface area contributed by atoms with Crippen LogP contribution in [-0.4, -0.2) is 23.2 Å². The standard InChI is InChI=1S/C24H20ClF3N4O2S2/c1-16-10-11-19(25)13-21(16)32-22(30-31-23(32)35-15-17-6-3-2-4-7-17)14-29-36(33,34)20-9-5-8-18(12-20)24(26,27)28/h2-13,29H,14-15H2,1H3. The van der Waals surface area contributed by atoms with E-state index in [0.29, 0.717) is 27.7 Å². The van der Waals surface area contributed by atoms with Crippen LogP contribution in [0.25, 0.3) is 5.69 Å². The second-order valence-electron chi connectivity index (χ2n) is 7.79. The van der Waals surface area contributed by atoms with Crippen LogP contribution in [0.15, 0.2) is 82.8 Å². The molecule has 0 atom stereocenters. The van der Waals surface area contributed by atoms with Crippen molar-refractivity contribution in [2.45, 2.75) is 35.4 Å². The molecular formula is C24H20ClF3N4O2S2. The fourth-order valence-electron chi connectivity index (χ4n) is 3.38. The molecule has 4 aromatic rings. The maximum atomic E-state index is 13.1. The van der Waals surface area contributed by atoms with Crippen LogP contribution >= 0.6 is 23.4 Å². The predicted octanol–water partition coefficient (Wildman–Crippen LogP) is 6.02. The van der Waals surface area contributed by atoms with E-state index in [1.54, 1.807) is 16.7 Å². The van der Waals surface area contributed by atoms with Crippen LogP contribution in [0.5, 0.6) is 0 Å². The summed E-state index contributed by atoms with van der Waals surface area (Å²) in [5, 5.41) is 9.40. The highest BCUT2D eigenvalue weighted by molar-refractivity contribution is 7.98. The van der Waals surface area contributed by atoms with E-state index in [4.69, 9.17) is 11.6 Å². The number of sulfonamides is 1. The van der Waals surface area contributed by atoms with E-state index >= 15 is 0 Å². The molecule has 4 rings (SSSR count). The molecule has 0 aliphatic heterocycles. The third-order valence-corrected chi connectivity index (χ3v) is 7.85. The highest BCUT2D eigenvalue weighted by Crippen LogP contribution is 2.31. The molecule has 1 N–H and O–H groups in total. The van der Waals surface area contributed by atoms with Gasteiger partial charge in [0.1, 0.15) is 0 Å². The Labute approximate surface area is 215 Å². The van der Waals surface area contributed by atoms with Crippen molar-refractivity contribution in [1.82, 2.24) is 19.5 Å². The minimum absolute atomic E-state index is 0.256. The molecule has 1 aromatic heterocycles. The first kappa shape index (κ1) is 26.2. The second kappa shape index (κ2) is 10.6.